The molecule has 1 aromatic rings. The number of methoxy groups -OCH3 is 1. The first-order valence-corrected chi connectivity index (χ1v) is 5.52. The van der Waals surface area contributed by atoms with Crippen LogP contribution in [0.5, 0.6) is 5.75 Å². The van der Waals surface area contributed by atoms with E-state index in [1.807, 2.05) is 19.2 Å². The normalized spacial score (nSPS) is 12.5. The van der Waals surface area contributed by atoms with Crippen molar-refractivity contribution in [3.63, 3.8) is 0 Å². The second-order valence-corrected chi connectivity index (χ2v) is 4.24. The fraction of sp³-hybridized carbons (Fsp3) is 0.500. The maximum absolute atomic E-state index is 5.96. The van der Waals surface area contributed by atoms with E-state index in [2.05, 4.69) is 18.3 Å². The highest BCUT2D eigenvalue weighted by atomic mass is 35.5. The first-order valence-electron chi connectivity index (χ1n) is 5.14. The molecule has 0 radical (unpaired) electrons. The molecule has 0 aliphatic rings. The average molecular weight is 228 g/mol. The van der Waals surface area contributed by atoms with E-state index < -0.39 is 0 Å². The van der Waals surface area contributed by atoms with Crippen LogP contribution in [0.15, 0.2) is 18.2 Å². The molecule has 1 rings (SSSR count). The Balaban J connectivity index is 2.69. The van der Waals surface area contributed by atoms with Gasteiger partial charge in [-0.05, 0) is 43.6 Å². The first-order chi connectivity index (χ1) is 7.17. The molecule has 1 unspecified atom stereocenters. The van der Waals surface area contributed by atoms with Crippen LogP contribution in [-0.2, 0) is 6.42 Å². The van der Waals surface area contributed by atoms with Gasteiger partial charge in [-0.3, -0.25) is 0 Å². The summed E-state index contributed by atoms with van der Waals surface area (Å²) < 4.78 is 5.18. The summed E-state index contributed by atoms with van der Waals surface area (Å²) in [7, 11) is 3.61. The lowest BCUT2D eigenvalue weighted by atomic mass is 10.0. The molecule has 15 heavy (non-hydrogen) atoms. The zero-order valence-corrected chi connectivity index (χ0v) is 10.3. The van der Waals surface area contributed by atoms with Gasteiger partial charge >= 0.3 is 0 Å². The molecule has 0 aliphatic heterocycles. The maximum Gasteiger partial charge on any atom is 0.137 e. The van der Waals surface area contributed by atoms with E-state index in [4.69, 9.17) is 16.3 Å². The summed E-state index contributed by atoms with van der Waals surface area (Å²) in [6, 6.07) is 5.95. The van der Waals surface area contributed by atoms with E-state index in [1.165, 1.54) is 5.56 Å². The zero-order valence-electron chi connectivity index (χ0n) is 9.51. The molecule has 0 heterocycles. The van der Waals surface area contributed by atoms with E-state index >= 15 is 0 Å². The quantitative estimate of drug-likeness (QED) is 0.835. The van der Waals surface area contributed by atoms with Gasteiger partial charge in [0.2, 0.25) is 0 Å². The van der Waals surface area contributed by atoms with E-state index in [1.54, 1.807) is 7.11 Å². The van der Waals surface area contributed by atoms with E-state index in [-0.39, 0.29) is 0 Å². The molecule has 0 bridgehead atoms. The maximum atomic E-state index is 5.96. The predicted molar refractivity (Wildman–Crippen MR) is 64.8 cm³/mol. The molecule has 0 aromatic heterocycles. The van der Waals surface area contributed by atoms with Crippen molar-refractivity contribution in [1.29, 1.82) is 0 Å². The highest BCUT2D eigenvalue weighted by molar-refractivity contribution is 6.32. The Labute approximate surface area is 96.6 Å². The topological polar surface area (TPSA) is 21.3 Å². The summed E-state index contributed by atoms with van der Waals surface area (Å²) in [5, 5.41) is 3.84. The Morgan fingerprint density at radius 1 is 1.47 bits per heavy atom. The highest BCUT2D eigenvalue weighted by Gasteiger charge is 2.05. The third-order valence-electron chi connectivity index (χ3n) is 2.35. The van der Waals surface area contributed by atoms with Crippen molar-refractivity contribution in [2.75, 3.05) is 20.7 Å². The van der Waals surface area contributed by atoms with Gasteiger partial charge < -0.3 is 10.1 Å². The van der Waals surface area contributed by atoms with Gasteiger partial charge in [-0.1, -0.05) is 24.6 Å². The minimum Gasteiger partial charge on any atom is -0.495 e. The number of hydrogen-bond acceptors (Lipinski definition) is 2. The number of benzene rings is 1. The lowest BCUT2D eigenvalue weighted by molar-refractivity contribution is 0.414. The molecule has 0 amide bonds. The van der Waals surface area contributed by atoms with Gasteiger partial charge in [0.1, 0.15) is 5.75 Å². The molecule has 0 saturated heterocycles. The van der Waals surface area contributed by atoms with Crippen LogP contribution < -0.4 is 10.1 Å². The fourth-order valence-electron chi connectivity index (χ4n) is 1.65. The van der Waals surface area contributed by atoms with Crippen molar-refractivity contribution >= 4 is 11.6 Å². The standard InChI is InChI=1S/C12H18ClNO/c1-9(8-14-2)6-10-4-5-11(13)12(7-10)15-3/h4-5,7,9,14H,6,8H2,1-3H3. The average Bonchev–Trinajstić information content (AvgIpc) is 2.21. The number of ether oxygens (including phenoxy) is 1. The van der Waals surface area contributed by atoms with Crippen molar-refractivity contribution < 1.29 is 4.74 Å². The van der Waals surface area contributed by atoms with Crippen LogP contribution in [0.25, 0.3) is 0 Å². The third-order valence-corrected chi connectivity index (χ3v) is 2.66. The molecule has 0 saturated carbocycles. The SMILES string of the molecule is CNCC(C)Cc1ccc(Cl)c(OC)c1. The van der Waals surface area contributed by atoms with Gasteiger partial charge in [0.15, 0.2) is 0 Å². The lowest BCUT2D eigenvalue weighted by Gasteiger charge is -2.12. The Morgan fingerprint density at radius 2 is 2.20 bits per heavy atom. The minimum absolute atomic E-state index is 0.612. The van der Waals surface area contributed by atoms with Crippen molar-refractivity contribution in [3.8, 4) is 5.75 Å². The number of hydrogen-bond donors (Lipinski definition) is 1. The highest BCUT2D eigenvalue weighted by Crippen LogP contribution is 2.25. The summed E-state index contributed by atoms with van der Waals surface area (Å²) in [5.41, 5.74) is 1.26. The van der Waals surface area contributed by atoms with Crippen LogP contribution in [0.4, 0.5) is 0 Å². The van der Waals surface area contributed by atoms with E-state index in [0.29, 0.717) is 10.9 Å². The fourth-order valence-corrected chi connectivity index (χ4v) is 1.85. The molecular weight excluding hydrogens is 210 g/mol. The molecule has 84 valence electrons. The van der Waals surface area contributed by atoms with Gasteiger partial charge in [-0.25, -0.2) is 0 Å². The number of rotatable bonds is 5. The van der Waals surface area contributed by atoms with Crippen LogP contribution >= 0.6 is 11.6 Å². The van der Waals surface area contributed by atoms with Crippen molar-refractivity contribution in [2.45, 2.75) is 13.3 Å². The van der Waals surface area contributed by atoms with Gasteiger partial charge in [0, 0.05) is 0 Å². The largest absolute Gasteiger partial charge is 0.495 e. The number of halogens is 1. The van der Waals surface area contributed by atoms with Gasteiger partial charge in [-0.2, -0.15) is 0 Å². The van der Waals surface area contributed by atoms with E-state index in [0.717, 1.165) is 18.7 Å². The molecule has 0 spiro atoms. The molecular formula is C12H18ClNO. The molecule has 0 aliphatic carbocycles. The van der Waals surface area contributed by atoms with Crippen molar-refractivity contribution in [2.24, 2.45) is 5.92 Å². The molecule has 1 aromatic carbocycles. The molecule has 0 fully saturated rings. The Morgan fingerprint density at radius 3 is 2.80 bits per heavy atom. The Bertz CT molecular complexity index is 314. The second-order valence-electron chi connectivity index (χ2n) is 3.84. The molecule has 1 N–H and O–H groups in total. The minimum atomic E-state index is 0.612. The Kier molecular flexibility index (Phi) is 4.92. The summed E-state index contributed by atoms with van der Waals surface area (Å²) in [6.45, 7) is 3.24. The monoisotopic (exact) mass is 227 g/mol. The van der Waals surface area contributed by atoms with Crippen LogP contribution in [0.2, 0.25) is 5.02 Å². The van der Waals surface area contributed by atoms with Gasteiger partial charge in [0.05, 0.1) is 12.1 Å². The van der Waals surface area contributed by atoms with Gasteiger partial charge in [-0.15, -0.1) is 0 Å². The first kappa shape index (κ1) is 12.3. The smallest absolute Gasteiger partial charge is 0.137 e. The van der Waals surface area contributed by atoms with Crippen LogP contribution in [-0.4, -0.2) is 20.7 Å². The third kappa shape index (κ3) is 3.73. The van der Waals surface area contributed by atoms with Crippen molar-refractivity contribution in [1.82, 2.24) is 5.32 Å². The summed E-state index contributed by atoms with van der Waals surface area (Å²) in [4.78, 5) is 0. The van der Waals surface area contributed by atoms with Crippen LogP contribution in [0.3, 0.4) is 0 Å². The van der Waals surface area contributed by atoms with Crippen LogP contribution in [0, 0.1) is 5.92 Å². The second kappa shape index (κ2) is 5.99. The molecule has 3 heteroatoms. The summed E-state index contributed by atoms with van der Waals surface area (Å²) in [5.74, 6) is 1.37. The lowest BCUT2D eigenvalue weighted by Crippen LogP contribution is -2.17. The summed E-state index contributed by atoms with van der Waals surface area (Å²) >= 11 is 5.96. The number of nitrogens with one attached hydrogen (secondary N) is 1. The van der Waals surface area contributed by atoms with Crippen molar-refractivity contribution in [3.05, 3.63) is 28.8 Å². The zero-order chi connectivity index (χ0) is 11.3. The summed E-state index contributed by atoms with van der Waals surface area (Å²) in [6.07, 6.45) is 1.04. The van der Waals surface area contributed by atoms with Gasteiger partial charge in [0.25, 0.3) is 0 Å². The van der Waals surface area contributed by atoms with E-state index in [9.17, 15) is 0 Å². The van der Waals surface area contributed by atoms with Crippen LogP contribution in [0.1, 0.15) is 12.5 Å². The predicted octanol–water partition coefficient (Wildman–Crippen LogP) is 2.75. The molecule has 1 atom stereocenters. The Hall–Kier alpha value is -0.730. The molecule has 2 nitrogen and oxygen atoms in total.